The number of rotatable bonds is 2. The monoisotopic (exact) mass is 176 g/mol. The first kappa shape index (κ1) is 9.90. The first-order chi connectivity index (χ1) is 6.13. The van der Waals surface area contributed by atoms with Crippen molar-refractivity contribution < 1.29 is 0 Å². The third kappa shape index (κ3) is 2.65. The lowest BCUT2D eigenvalue weighted by Gasteiger charge is -2.13. The quantitative estimate of drug-likeness (QED) is 0.628. The fourth-order valence-corrected chi connectivity index (χ4v) is 1.39. The zero-order valence-electron chi connectivity index (χ0n) is 8.52. The van der Waals surface area contributed by atoms with E-state index in [9.17, 15) is 0 Å². The molecule has 0 aromatic heterocycles. The second kappa shape index (κ2) is 4.17. The Morgan fingerprint density at radius 1 is 1.69 bits per heavy atom. The standard InChI is InChI=1S/C11H16N2/c1-4-10-6-5-9(3)13-11(10)7-8(2)12/h4-5,12H,6-7H2,1-3H3/b10-4-,12-8?. The van der Waals surface area contributed by atoms with Gasteiger partial charge in [0, 0.05) is 23.5 Å². The number of nitrogens with zero attached hydrogens (tertiary/aromatic N) is 1. The minimum absolute atomic E-state index is 0.674. The Morgan fingerprint density at radius 3 is 2.92 bits per heavy atom. The van der Waals surface area contributed by atoms with Crippen LogP contribution in [0.5, 0.6) is 0 Å². The molecule has 70 valence electrons. The topological polar surface area (TPSA) is 36.2 Å². The van der Waals surface area contributed by atoms with E-state index in [2.05, 4.69) is 17.1 Å². The van der Waals surface area contributed by atoms with Gasteiger partial charge in [-0.15, -0.1) is 0 Å². The zero-order chi connectivity index (χ0) is 9.84. The second-order valence-electron chi connectivity index (χ2n) is 3.38. The fraction of sp³-hybridized carbons (Fsp3) is 0.455. The van der Waals surface area contributed by atoms with Gasteiger partial charge in [0.15, 0.2) is 0 Å². The Labute approximate surface area is 79.6 Å². The lowest BCUT2D eigenvalue weighted by atomic mass is 9.99. The lowest BCUT2D eigenvalue weighted by Crippen LogP contribution is -2.10. The van der Waals surface area contributed by atoms with Gasteiger partial charge >= 0.3 is 0 Å². The van der Waals surface area contributed by atoms with E-state index in [1.165, 1.54) is 5.57 Å². The van der Waals surface area contributed by atoms with Gasteiger partial charge in [-0.3, -0.25) is 4.99 Å². The Bertz CT molecular complexity index is 306. The summed E-state index contributed by atoms with van der Waals surface area (Å²) < 4.78 is 0. The van der Waals surface area contributed by atoms with Crippen LogP contribution in [0.15, 0.2) is 28.4 Å². The zero-order valence-corrected chi connectivity index (χ0v) is 8.52. The number of aliphatic imine (C=N–C) groups is 1. The summed E-state index contributed by atoms with van der Waals surface area (Å²) in [6, 6.07) is 0. The molecule has 0 amide bonds. The van der Waals surface area contributed by atoms with Crippen molar-refractivity contribution in [1.29, 1.82) is 5.41 Å². The molecule has 1 heterocycles. The van der Waals surface area contributed by atoms with Crippen LogP contribution in [0.4, 0.5) is 0 Å². The molecule has 0 unspecified atom stereocenters. The SMILES string of the molecule is C/C=C1/CC=C(C)N=C1CC(C)=N. The second-order valence-corrected chi connectivity index (χ2v) is 3.38. The predicted molar refractivity (Wildman–Crippen MR) is 57.6 cm³/mol. The summed E-state index contributed by atoms with van der Waals surface area (Å²) in [5.74, 6) is 0. The number of hydrogen-bond acceptors (Lipinski definition) is 2. The van der Waals surface area contributed by atoms with Crippen LogP contribution in [0.3, 0.4) is 0 Å². The van der Waals surface area contributed by atoms with Crippen molar-refractivity contribution in [3.8, 4) is 0 Å². The van der Waals surface area contributed by atoms with E-state index < -0.39 is 0 Å². The van der Waals surface area contributed by atoms with Gasteiger partial charge in [0.05, 0.1) is 0 Å². The molecule has 1 aliphatic heterocycles. The Morgan fingerprint density at radius 2 is 2.38 bits per heavy atom. The van der Waals surface area contributed by atoms with E-state index in [0.717, 1.165) is 17.8 Å². The molecule has 13 heavy (non-hydrogen) atoms. The van der Waals surface area contributed by atoms with Crippen LogP contribution < -0.4 is 0 Å². The first-order valence-corrected chi connectivity index (χ1v) is 4.57. The summed E-state index contributed by atoms with van der Waals surface area (Å²) in [6.07, 6.45) is 5.86. The third-order valence-electron chi connectivity index (χ3n) is 2.08. The maximum absolute atomic E-state index is 7.43. The van der Waals surface area contributed by atoms with Gasteiger partial charge in [-0.05, 0) is 32.8 Å². The molecule has 0 aromatic rings. The van der Waals surface area contributed by atoms with Gasteiger partial charge in [-0.2, -0.15) is 0 Å². The summed E-state index contributed by atoms with van der Waals surface area (Å²) in [7, 11) is 0. The first-order valence-electron chi connectivity index (χ1n) is 4.57. The number of hydrogen-bond donors (Lipinski definition) is 1. The third-order valence-corrected chi connectivity index (χ3v) is 2.08. The smallest absolute Gasteiger partial charge is 0.0494 e. The highest BCUT2D eigenvalue weighted by atomic mass is 14.8. The van der Waals surface area contributed by atoms with Gasteiger partial charge in [0.25, 0.3) is 0 Å². The predicted octanol–water partition coefficient (Wildman–Crippen LogP) is 3.11. The van der Waals surface area contributed by atoms with E-state index in [-0.39, 0.29) is 0 Å². The molecule has 0 saturated heterocycles. The molecule has 1 rings (SSSR count). The number of nitrogens with one attached hydrogen (secondary N) is 1. The Hall–Kier alpha value is -1.18. The Balaban J connectivity index is 2.87. The molecule has 0 aromatic carbocycles. The van der Waals surface area contributed by atoms with Gasteiger partial charge < -0.3 is 5.41 Å². The van der Waals surface area contributed by atoms with Gasteiger partial charge in [-0.25, -0.2) is 0 Å². The van der Waals surface area contributed by atoms with Crippen molar-refractivity contribution in [2.24, 2.45) is 4.99 Å². The van der Waals surface area contributed by atoms with Crippen molar-refractivity contribution in [2.45, 2.75) is 33.6 Å². The number of allylic oxidation sites excluding steroid dienone is 4. The van der Waals surface area contributed by atoms with Crippen molar-refractivity contribution in [2.75, 3.05) is 0 Å². The van der Waals surface area contributed by atoms with Crippen molar-refractivity contribution in [3.05, 3.63) is 23.4 Å². The fourth-order valence-electron chi connectivity index (χ4n) is 1.39. The van der Waals surface area contributed by atoms with E-state index in [4.69, 9.17) is 5.41 Å². The summed E-state index contributed by atoms with van der Waals surface area (Å²) in [5.41, 5.74) is 4.07. The average molecular weight is 176 g/mol. The van der Waals surface area contributed by atoms with Crippen LogP contribution in [-0.4, -0.2) is 11.4 Å². The van der Waals surface area contributed by atoms with Gasteiger partial charge in [0.2, 0.25) is 0 Å². The van der Waals surface area contributed by atoms with Crippen LogP contribution in [-0.2, 0) is 0 Å². The van der Waals surface area contributed by atoms with E-state index in [0.29, 0.717) is 12.1 Å². The van der Waals surface area contributed by atoms with Crippen LogP contribution in [0.2, 0.25) is 0 Å². The van der Waals surface area contributed by atoms with Gasteiger partial charge in [-0.1, -0.05) is 12.2 Å². The molecule has 0 aliphatic carbocycles. The molecule has 0 fully saturated rings. The van der Waals surface area contributed by atoms with E-state index in [1.807, 2.05) is 20.8 Å². The van der Waals surface area contributed by atoms with Crippen LogP contribution >= 0.6 is 0 Å². The molecule has 1 N–H and O–H groups in total. The summed E-state index contributed by atoms with van der Waals surface area (Å²) >= 11 is 0. The van der Waals surface area contributed by atoms with Gasteiger partial charge in [0.1, 0.15) is 0 Å². The Kier molecular flexibility index (Phi) is 3.18. The molecule has 0 atom stereocenters. The molecular weight excluding hydrogens is 160 g/mol. The molecule has 0 saturated carbocycles. The molecule has 2 heteroatoms. The van der Waals surface area contributed by atoms with Crippen molar-refractivity contribution >= 4 is 11.4 Å². The maximum Gasteiger partial charge on any atom is 0.0494 e. The minimum Gasteiger partial charge on any atom is -0.310 e. The van der Waals surface area contributed by atoms with Crippen molar-refractivity contribution in [1.82, 2.24) is 0 Å². The van der Waals surface area contributed by atoms with Crippen LogP contribution in [0, 0.1) is 5.41 Å². The highest BCUT2D eigenvalue weighted by Gasteiger charge is 2.10. The largest absolute Gasteiger partial charge is 0.310 e. The minimum atomic E-state index is 0.674. The highest BCUT2D eigenvalue weighted by Crippen LogP contribution is 2.18. The van der Waals surface area contributed by atoms with E-state index in [1.54, 1.807) is 0 Å². The highest BCUT2D eigenvalue weighted by molar-refractivity contribution is 6.11. The molecule has 0 bridgehead atoms. The van der Waals surface area contributed by atoms with Crippen LogP contribution in [0.25, 0.3) is 0 Å². The van der Waals surface area contributed by atoms with Crippen molar-refractivity contribution in [3.63, 3.8) is 0 Å². The van der Waals surface area contributed by atoms with Crippen LogP contribution in [0.1, 0.15) is 33.6 Å². The molecule has 0 radical (unpaired) electrons. The molecular formula is C11H16N2. The summed E-state index contributed by atoms with van der Waals surface area (Å²) in [6.45, 7) is 5.85. The normalized spacial score (nSPS) is 19.8. The summed E-state index contributed by atoms with van der Waals surface area (Å²) in [5, 5.41) is 7.43. The average Bonchev–Trinajstić information content (AvgIpc) is 2.03. The lowest BCUT2D eigenvalue weighted by molar-refractivity contribution is 1.13. The van der Waals surface area contributed by atoms with E-state index >= 15 is 0 Å². The molecule has 0 spiro atoms. The maximum atomic E-state index is 7.43. The molecule has 2 nitrogen and oxygen atoms in total. The summed E-state index contributed by atoms with van der Waals surface area (Å²) in [4.78, 5) is 4.44. The molecule has 1 aliphatic rings.